The third-order valence-electron chi connectivity index (χ3n) is 2.65. The van der Waals surface area contributed by atoms with Crippen LogP contribution in [-0.2, 0) is 0 Å². The van der Waals surface area contributed by atoms with Crippen molar-refractivity contribution in [3.05, 3.63) is 54.9 Å². The van der Waals surface area contributed by atoms with Crippen molar-refractivity contribution in [3.63, 3.8) is 0 Å². The number of H-pyrrole nitrogens is 1. The van der Waals surface area contributed by atoms with Gasteiger partial charge in [-0.3, -0.25) is 10.1 Å². The lowest BCUT2D eigenvalue weighted by Crippen LogP contribution is -2.05. The van der Waals surface area contributed by atoms with E-state index in [1.165, 1.54) is 5.39 Å². The lowest BCUT2D eigenvalue weighted by atomic mass is 10.1. The zero-order valence-electron chi connectivity index (χ0n) is 9.96. The molecule has 2 aromatic carbocycles. The van der Waals surface area contributed by atoms with Crippen molar-refractivity contribution < 1.29 is 4.79 Å². The van der Waals surface area contributed by atoms with E-state index < -0.39 is 0 Å². The van der Waals surface area contributed by atoms with E-state index in [2.05, 4.69) is 15.3 Å². The fourth-order valence-electron chi connectivity index (χ4n) is 1.79. The van der Waals surface area contributed by atoms with E-state index in [4.69, 9.17) is 0 Å². The standard InChI is InChI=1S/C14H11N3OS/c18-14(17-13-15-7-8-16-13)19-12-6-5-10-3-1-2-4-11(10)9-12/h1-9H,(H2,15,16,17,18). The predicted molar refractivity (Wildman–Crippen MR) is 77.4 cm³/mol. The van der Waals surface area contributed by atoms with Gasteiger partial charge in [0, 0.05) is 17.3 Å². The van der Waals surface area contributed by atoms with Gasteiger partial charge in [0.25, 0.3) is 5.24 Å². The first kappa shape index (κ1) is 11.8. The Bertz CT molecular complexity index is 710. The van der Waals surface area contributed by atoms with Crippen LogP contribution in [0, 0.1) is 0 Å². The largest absolute Gasteiger partial charge is 0.331 e. The Morgan fingerprint density at radius 3 is 2.79 bits per heavy atom. The second kappa shape index (κ2) is 5.16. The van der Waals surface area contributed by atoms with Crippen LogP contribution in [0.2, 0.25) is 0 Å². The number of aromatic nitrogens is 2. The van der Waals surface area contributed by atoms with Gasteiger partial charge in [-0.15, -0.1) is 0 Å². The van der Waals surface area contributed by atoms with Crippen LogP contribution in [0.3, 0.4) is 0 Å². The van der Waals surface area contributed by atoms with E-state index in [0.717, 1.165) is 22.0 Å². The number of nitrogens with one attached hydrogen (secondary N) is 2. The Labute approximate surface area is 114 Å². The summed E-state index contributed by atoms with van der Waals surface area (Å²) in [4.78, 5) is 19.5. The Hall–Kier alpha value is -2.27. The molecule has 19 heavy (non-hydrogen) atoms. The number of carbonyl (C=O) groups is 1. The topological polar surface area (TPSA) is 57.8 Å². The molecule has 0 unspecified atom stereocenters. The molecule has 5 heteroatoms. The first-order valence-electron chi connectivity index (χ1n) is 5.78. The predicted octanol–water partition coefficient (Wildman–Crippen LogP) is 3.89. The maximum atomic E-state index is 11.8. The van der Waals surface area contributed by atoms with E-state index in [0.29, 0.717) is 5.95 Å². The maximum Gasteiger partial charge on any atom is 0.290 e. The number of benzene rings is 2. The highest BCUT2D eigenvalue weighted by Crippen LogP contribution is 2.24. The molecule has 0 radical (unpaired) electrons. The van der Waals surface area contributed by atoms with Gasteiger partial charge < -0.3 is 4.98 Å². The summed E-state index contributed by atoms with van der Waals surface area (Å²) in [5, 5.41) is 4.80. The number of anilines is 1. The van der Waals surface area contributed by atoms with Crippen LogP contribution in [0.4, 0.5) is 10.7 Å². The molecule has 0 aliphatic rings. The van der Waals surface area contributed by atoms with Crippen molar-refractivity contribution in [2.24, 2.45) is 0 Å². The number of aromatic amines is 1. The van der Waals surface area contributed by atoms with Crippen LogP contribution in [0.15, 0.2) is 59.8 Å². The highest BCUT2D eigenvalue weighted by atomic mass is 32.2. The lowest BCUT2D eigenvalue weighted by molar-refractivity contribution is 0.269. The number of carbonyl (C=O) groups excluding carboxylic acids is 1. The highest BCUT2D eigenvalue weighted by molar-refractivity contribution is 8.13. The van der Waals surface area contributed by atoms with Crippen molar-refractivity contribution in [2.75, 3.05) is 5.32 Å². The molecular weight excluding hydrogens is 258 g/mol. The number of hydrogen-bond acceptors (Lipinski definition) is 3. The molecule has 0 saturated carbocycles. The molecular formula is C14H11N3OS. The minimum absolute atomic E-state index is 0.162. The third kappa shape index (κ3) is 2.77. The van der Waals surface area contributed by atoms with Gasteiger partial charge >= 0.3 is 0 Å². The van der Waals surface area contributed by atoms with Crippen molar-refractivity contribution >= 4 is 33.7 Å². The second-order valence-electron chi connectivity index (χ2n) is 3.96. The van der Waals surface area contributed by atoms with Gasteiger partial charge in [0.05, 0.1) is 0 Å². The van der Waals surface area contributed by atoms with Gasteiger partial charge in [0.15, 0.2) is 0 Å². The monoisotopic (exact) mass is 269 g/mol. The molecule has 1 amide bonds. The van der Waals surface area contributed by atoms with E-state index >= 15 is 0 Å². The molecule has 3 rings (SSSR count). The summed E-state index contributed by atoms with van der Waals surface area (Å²) in [6.45, 7) is 0. The van der Waals surface area contributed by atoms with Crippen molar-refractivity contribution in [3.8, 4) is 0 Å². The van der Waals surface area contributed by atoms with E-state index in [9.17, 15) is 4.79 Å². The quantitative estimate of drug-likeness (QED) is 0.694. The number of fused-ring (bicyclic) bond motifs is 1. The van der Waals surface area contributed by atoms with Crippen LogP contribution in [0.5, 0.6) is 0 Å². The smallest absolute Gasteiger partial charge is 0.290 e. The van der Waals surface area contributed by atoms with Gasteiger partial charge in [-0.1, -0.05) is 30.3 Å². The molecule has 0 atom stereocenters. The van der Waals surface area contributed by atoms with Crippen LogP contribution >= 0.6 is 11.8 Å². The van der Waals surface area contributed by atoms with E-state index in [1.807, 2.05) is 42.5 Å². The Balaban J connectivity index is 1.75. The van der Waals surface area contributed by atoms with Crippen molar-refractivity contribution in [2.45, 2.75) is 4.90 Å². The molecule has 0 saturated heterocycles. The van der Waals surface area contributed by atoms with Crippen molar-refractivity contribution in [1.29, 1.82) is 0 Å². The molecule has 4 nitrogen and oxygen atoms in total. The van der Waals surface area contributed by atoms with Gasteiger partial charge in [-0.2, -0.15) is 0 Å². The van der Waals surface area contributed by atoms with Crippen LogP contribution < -0.4 is 5.32 Å². The molecule has 0 aliphatic heterocycles. The average molecular weight is 269 g/mol. The summed E-state index contributed by atoms with van der Waals surface area (Å²) in [5.41, 5.74) is 0. The normalized spacial score (nSPS) is 10.5. The van der Waals surface area contributed by atoms with Crippen LogP contribution in [0.25, 0.3) is 10.8 Å². The molecule has 1 aromatic heterocycles. The molecule has 94 valence electrons. The Morgan fingerprint density at radius 2 is 2.00 bits per heavy atom. The fourth-order valence-corrected chi connectivity index (χ4v) is 2.48. The second-order valence-corrected chi connectivity index (χ2v) is 5.01. The number of rotatable bonds is 2. The van der Waals surface area contributed by atoms with Crippen molar-refractivity contribution in [1.82, 2.24) is 9.97 Å². The first-order chi connectivity index (χ1) is 9.31. The Morgan fingerprint density at radius 1 is 1.16 bits per heavy atom. The van der Waals surface area contributed by atoms with Gasteiger partial charge in [0.2, 0.25) is 5.95 Å². The third-order valence-corrected chi connectivity index (χ3v) is 3.43. The number of hydrogen-bond donors (Lipinski definition) is 2. The number of amides is 1. The minimum atomic E-state index is -0.162. The zero-order valence-corrected chi connectivity index (χ0v) is 10.8. The molecule has 0 bridgehead atoms. The number of imidazole rings is 1. The zero-order chi connectivity index (χ0) is 13.1. The lowest BCUT2D eigenvalue weighted by Gasteiger charge is -2.03. The fraction of sp³-hybridized carbons (Fsp3) is 0. The number of thioether (sulfide) groups is 1. The molecule has 1 heterocycles. The molecule has 0 spiro atoms. The van der Waals surface area contributed by atoms with Crippen LogP contribution in [-0.4, -0.2) is 15.2 Å². The van der Waals surface area contributed by atoms with E-state index in [-0.39, 0.29) is 5.24 Å². The summed E-state index contributed by atoms with van der Waals surface area (Å²) in [5.74, 6) is 0.457. The summed E-state index contributed by atoms with van der Waals surface area (Å²) in [7, 11) is 0. The van der Waals surface area contributed by atoms with Gasteiger partial charge in [-0.05, 0) is 34.7 Å². The first-order valence-corrected chi connectivity index (χ1v) is 6.60. The number of nitrogens with zero attached hydrogens (tertiary/aromatic N) is 1. The summed E-state index contributed by atoms with van der Waals surface area (Å²) in [6.07, 6.45) is 3.26. The molecule has 3 aromatic rings. The SMILES string of the molecule is O=C(Nc1ncc[nH]1)Sc1ccc2ccccc2c1. The maximum absolute atomic E-state index is 11.8. The summed E-state index contributed by atoms with van der Waals surface area (Å²) >= 11 is 1.15. The van der Waals surface area contributed by atoms with Gasteiger partial charge in [0.1, 0.15) is 0 Å². The molecule has 2 N–H and O–H groups in total. The van der Waals surface area contributed by atoms with Gasteiger partial charge in [-0.25, -0.2) is 4.98 Å². The molecule has 0 aliphatic carbocycles. The summed E-state index contributed by atoms with van der Waals surface area (Å²) < 4.78 is 0. The minimum Gasteiger partial charge on any atom is -0.331 e. The Kier molecular flexibility index (Phi) is 3.20. The molecule has 0 fully saturated rings. The van der Waals surface area contributed by atoms with E-state index in [1.54, 1.807) is 12.4 Å². The van der Waals surface area contributed by atoms with Crippen LogP contribution in [0.1, 0.15) is 0 Å². The summed E-state index contributed by atoms with van der Waals surface area (Å²) in [6, 6.07) is 14.0. The average Bonchev–Trinajstić information content (AvgIpc) is 2.91. The highest BCUT2D eigenvalue weighted by Gasteiger charge is 2.06.